The maximum absolute atomic E-state index is 10.1. The summed E-state index contributed by atoms with van der Waals surface area (Å²) in [5, 5.41) is 20.2. The molecule has 0 heterocycles. The molecule has 30 heavy (non-hydrogen) atoms. The van der Waals surface area contributed by atoms with Gasteiger partial charge >= 0.3 is 0 Å². The minimum atomic E-state index is -0.605. The molecular weight excluding hydrogens is 368 g/mol. The Hall–Kier alpha value is -1.12. The van der Waals surface area contributed by atoms with Crippen molar-refractivity contribution in [3.8, 4) is 0 Å². The quantitative estimate of drug-likeness (QED) is 0.499. The predicted molar refractivity (Wildman–Crippen MR) is 127 cm³/mol. The van der Waals surface area contributed by atoms with E-state index in [4.69, 9.17) is 0 Å². The van der Waals surface area contributed by atoms with Gasteiger partial charge in [0.25, 0.3) is 0 Å². The smallest absolute Gasteiger partial charge is 0.0811 e. The van der Waals surface area contributed by atoms with Crippen LogP contribution >= 0.6 is 0 Å². The number of fused-ring (bicyclic) bond motifs is 1. The van der Waals surface area contributed by atoms with Crippen LogP contribution in [0.4, 0.5) is 0 Å². The molecule has 2 N–H and O–H groups in total. The molecule has 1 unspecified atom stereocenters. The lowest BCUT2D eigenvalue weighted by Crippen LogP contribution is -2.35. The molecule has 3 aliphatic rings. The van der Waals surface area contributed by atoms with Gasteiger partial charge in [-0.3, -0.25) is 0 Å². The molecule has 3 aliphatic carbocycles. The third kappa shape index (κ3) is 4.86. The molecule has 2 nitrogen and oxygen atoms in total. The van der Waals surface area contributed by atoms with Gasteiger partial charge in [0.1, 0.15) is 0 Å². The van der Waals surface area contributed by atoms with E-state index >= 15 is 0 Å². The standard InChI is InChI=1S/C28H44O2/c1-18(2)19(3)9-10-20(4)25-13-14-26-22(8-7-15-28(25,26)6)11-12-23-16-24(29)17-27(30)21(23)5/h9-12,18-20,24-27,29-30H,5,7-8,13-17H2,1-4,6H3/b10-9+,22-11+,23-12-/t19-,20+,24+,25+,26-,27?,28+/m0/s1. The van der Waals surface area contributed by atoms with Crippen LogP contribution in [0.3, 0.4) is 0 Å². The van der Waals surface area contributed by atoms with Crippen molar-refractivity contribution in [2.24, 2.45) is 35.0 Å². The summed E-state index contributed by atoms with van der Waals surface area (Å²) in [7, 11) is 0. The zero-order valence-electron chi connectivity index (χ0n) is 19.9. The molecule has 3 saturated carbocycles. The Balaban J connectivity index is 1.76. The zero-order chi connectivity index (χ0) is 22.1. The van der Waals surface area contributed by atoms with E-state index in [0.717, 1.165) is 17.1 Å². The Morgan fingerprint density at radius 2 is 1.80 bits per heavy atom. The van der Waals surface area contributed by atoms with E-state index in [0.29, 0.717) is 41.9 Å². The van der Waals surface area contributed by atoms with Crippen molar-refractivity contribution in [3.05, 3.63) is 47.6 Å². The summed E-state index contributed by atoms with van der Waals surface area (Å²) in [6, 6.07) is 0. The average molecular weight is 413 g/mol. The first-order valence-electron chi connectivity index (χ1n) is 12.3. The normalized spacial score (nSPS) is 39.8. The molecule has 0 radical (unpaired) electrons. The van der Waals surface area contributed by atoms with Crippen molar-refractivity contribution in [3.63, 3.8) is 0 Å². The van der Waals surface area contributed by atoms with E-state index in [9.17, 15) is 10.2 Å². The van der Waals surface area contributed by atoms with Crippen molar-refractivity contribution >= 4 is 0 Å². The zero-order valence-corrected chi connectivity index (χ0v) is 19.9. The number of aliphatic hydroxyl groups is 2. The van der Waals surface area contributed by atoms with Crippen molar-refractivity contribution < 1.29 is 10.2 Å². The molecule has 0 aliphatic heterocycles. The topological polar surface area (TPSA) is 40.5 Å². The van der Waals surface area contributed by atoms with Crippen LogP contribution in [0.1, 0.15) is 79.6 Å². The molecule has 0 amide bonds. The van der Waals surface area contributed by atoms with Crippen LogP contribution in [0.15, 0.2) is 47.6 Å². The summed E-state index contributed by atoms with van der Waals surface area (Å²) >= 11 is 0. The highest BCUT2D eigenvalue weighted by molar-refractivity contribution is 5.38. The van der Waals surface area contributed by atoms with E-state index in [-0.39, 0.29) is 0 Å². The van der Waals surface area contributed by atoms with Crippen LogP contribution in [0.5, 0.6) is 0 Å². The summed E-state index contributed by atoms with van der Waals surface area (Å²) in [5.41, 5.74) is 3.77. The van der Waals surface area contributed by atoms with Crippen molar-refractivity contribution in [1.29, 1.82) is 0 Å². The number of aliphatic hydroxyl groups excluding tert-OH is 2. The van der Waals surface area contributed by atoms with Gasteiger partial charge in [0, 0.05) is 6.42 Å². The predicted octanol–water partition coefficient (Wildman–Crippen LogP) is 6.61. The third-order valence-corrected chi connectivity index (χ3v) is 8.71. The summed E-state index contributed by atoms with van der Waals surface area (Å²) < 4.78 is 0. The molecule has 0 aromatic heterocycles. The summed E-state index contributed by atoms with van der Waals surface area (Å²) in [6.07, 6.45) is 15.8. The fraction of sp³-hybridized carbons (Fsp3) is 0.714. The number of rotatable bonds is 5. The average Bonchev–Trinajstić information content (AvgIpc) is 3.04. The van der Waals surface area contributed by atoms with Crippen LogP contribution in [-0.2, 0) is 0 Å². The fourth-order valence-electron chi connectivity index (χ4n) is 6.32. The second-order valence-corrected chi connectivity index (χ2v) is 11.0. The van der Waals surface area contributed by atoms with Crippen molar-refractivity contribution in [2.75, 3.05) is 0 Å². The molecule has 0 aromatic rings. The monoisotopic (exact) mass is 412 g/mol. The molecule has 3 rings (SSSR count). The minimum Gasteiger partial charge on any atom is -0.393 e. The van der Waals surface area contributed by atoms with Gasteiger partial charge in [-0.05, 0) is 84.7 Å². The Labute approximate surface area is 184 Å². The minimum absolute atomic E-state index is 0.385. The first-order chi connectivity index (χ1) is 14.1. The third-order valence-electron chi connectivity index (χ3n) is 8.71. The van der Waals surface area contributed by atoms with Gasteiger partial charge in [-0.25, -0.2) is 0 Å². The molecule has 7 atom stereocenters. The van der Waals surface area contributed by atoms with Gasteiger partial charge in [-0.15, -0.1) is 0 Å². The number of hydrogen-bond donors (Lipinski definition) is 2. The maximum Gasteiger partial charge on any atom is 0.0811 e. The van der Waals surface area contributed by atoms with Crippen molar-refractivity contribution in [1.82, 2.24) is 0 Å². The van der Waals surface area contributed by atoms with E-state index in [1.165, 1.54) is 32.1 Å². The largest absolute Gasteiger partial charge is 0.393 e. The lowest BCUT2D eigenvalue weighted by Gasteiger charge is -2.44. The van der Waals surface area contributed by atoms with Crippen LogP contribution in [0.25, 0.3) is 0 Å². The Morgan fingerprint density at radius 1 is 1.07 bits per heavy atom. The molecule has 3 fully saturated rings. The molecular formula is C28H44O2. The summed E-state index contributed by atoms with van der Waals surface area (Å²) in [5.74, 6) is 3.38. The molecule has 0 aromatic carbocycles. The SMILES string of the molecule is C=C1/C(=C\C=C2/CCC[C@]3(C)[C@@H]([C@H](C)/C=C/[C@H](C)C(C)C)CC[C@@H]23)C[C@@H](O)CC1O. The maximum atomic E-state index is 10.1. The van der Waals surface area contributed by atoms with Gasteiger partial charge in [0.05, 0.1) is 12.2 Å². The number of allylic oxidation sites excluding steroid dienone is 5. The Kier molecular flexibility index (Phi) is 7.51. The van der Waals surface area contributed by atoms with E-state index in [1.54, 1.807) is 5.57 Å². The second-order valence-electron chi connectivity index (χ2n) is 11.0. The molecule has 0 bridgehead atoms. The van der Waals surface area contributed by atoms with Gasteiger partial charge in [0.15, 0.2) is 0 Å². The molecule has 0 spiro atoms. The Bertz CT molecular complexity index is 712. The van der Waals surface area contributed by atoms with Crippen LogP contribution in [-0.4, -0.2) is 22.4 Å². The highest BCUT2D eigenvalue weighted by atomic mass is 16.3. The van der Waals surface area contributed by atoms with Gasteiger partial charge in [-0.2, -0.15) is 0 Å². The van der Waals surface area contributed by atoms with Gasteiger partial charge in [-0.1, -0.05) is 71.1 Å². The summed E-state index contributed by atoms with van der Waals surface area (Å²) in [6.45, 7) is 16.0. The van der Waals surface area contributed by atoms with Crippen LogP contribution < -0.4 is 0 Å². The van der Waals surface area contributed by atoms with Crippen molar-refractivity contribution in [2.45, 2.75) is 91.8 Å². The second kappa shape index (κ2) is 9.57. The highest BCUT2D eigenvalue weighted by Gasteiger charge is 2.50. The first kappa shape index (κ1) is 23.5. The van der Waals surface area contributed by atoms with Gasteiger partial charge in [0.2, 0.25) is 0 Å². The molecule has 168 valence electrons. The summed E-state index contributed by atoms with van der Waals surface area (Å²) in [4.78, 5) is 0. The highest BCUT2D eigenvalue weighted by Crippen LogP contribution is 2.59. The Morgan fingerprint density at radius 3 is 2.50 bits per heavy atom. The number of hydrogen-bond acceptors (Lipinski definition) is 2. The molecule has 0 saturated heterocycles. The van der Waals surface area contributed by atoms with Gasteiger partial charge < -0.3 is 10.2 Å². The lowest BCUT2D eigenvalue weighted by molar-refractivity contribution is 0.0862. The lowest BCUT2D eigenvalue weighted by atomic mass is 9.61. The van der Waals surface area contributed by atoms with Crippen LogP contribution in [0, 0.1) is 35.0 Å². The first-order valence-corrected chi connectivity index (χ1v) is 12.3. The van der Waals surface area contributed by atoms with E-state index < -0.39 is 12.2 Å². The fourth-order valence-corrected chi connectivity index (χ4v) is 6.32. The molecule has 2 heteroatoms. The van der Waals surface area contributed by atoms with E-state index in [2.05, 4.69) is 65.5 Å². The van der Waals surface area contributed by atoms with Crippen LogP contribution in [0.2, 0.25) is 0 Å². The van der Waals surface area contributed by atoms with E-state index in [1.807, 2.05) is 0 Å².